The molecule has 3 N–H and O–H groups in total. The van der Waals surface area contributed by atoms with E-state index in [0.29, 0.717) is 10.7 Å². The van der Waals surface area contributed by atoms with E-state index in [2.05, 4.69) is 16.0 Å². The second-order valence-electron chi connectivity index (χ2n) is 5.22. The van der Waals surface area contributed by atoms with Crippen LogP contribution in [0.3, 0.4) is 0 Å². The fourth-order valence-corrected chi connectivity index (χ4v) is 2.32. The Bertz CT molecular complexity index is 799. The number of hydrogen-bond donors (Lipinski definition) is 3. The lowest BCUT2D eigenvalue weighted by Crippen LogP contribution is -2.36. The summed E-state index contributed by atoms with van der Waals surface area (Å²) in [5.74, 6) is -1.40. The molecule has 0 aromatic heterocycles. The molecule has 0 fully saturated rings. The van der Waals surface area contributed by atoms with Gasteiger partial charge in [0.1, 0.15) is 5.82 Å². The number of anilines is 2. The lowest BCUT2D eigenvalue weighted by Gasteiger charge is -2.11. The monoisotopic (exact) mass is 383 g/mol. The minimum Gasteiger partial charge on any atom is -0.374 e. The molecule has 0 aliphatic rings. The number of halogens is 3. The van der Waals surface area contributed by atoms with Gasteiger partial charge < -0.3 is 16.0 Å². The van der Waals surface area contributed by atoms with E-state index in [1.54, 1.807) is 25.1 Å². The van der Waals surface area contributed by atoms with Gasteiger partial charge in [0.15, 0.2) is 0 Å². The highest BCUT2D eigenvalue weighted by Crippen LogP contribution is 2.22. The summed E-state index contributed by atoms with van der Waals surface area (Å²) in [6.45, 7) is 1.39. The first-order chi connectivity index (χ1) is 11.9. The molecule has 5 nitrogen and oxygen atoms in total. The SMILES string of the molecule is Cc1c(Cl)cccc1NC(=O)CNC(=O)CNc1ccc(Cl)cc1F. The van der Waals surface area contributed by atoms with Crippen molar-refractivity contribution < 1.29 is 14.0 Å². The van der Waals surface area contributed by atoms with Crippen LogP contribution < -0.4 is 16.0 Å². The predicted octanol–water partition coefficient (Wildman–Crippen LogP) is 3.61. The summed E-state index contributed by atoms with van der Waals surface area (Å²) < 4.78 is 13.6. The molecule has 0 atom stereocenters. The van der Waals surface area contributed by atoms with Gasteiger partial charge in [0.2, 0.25) is 11.8 Å². The lowest BCUT2D eigenvalue weighted by atomic mass is 10.2. The molecule has 0 unspecified atom stereocenters. The van der Waals surface area contributed by atoms with Gasteiger partial charge in [-0.2, -0.15) is 0 Å². The molecule has 132 valence electrons. The maximum Gasteiger partial charge on any atom is 0.243 e. The molecule has 2 rings (SSSR count). The third-order valence-electron chi connectivity index (χ3n) is 3.36. The average Bonchev–Trinajstić information content (AvgIpc) is 2.56. The van der Waals surface area contributed by atoms with Crippen molar-refractivity contribution in [1.29, 1.82) is 0 Å². The smallest absolute Gasteiger partial charge is 0.243 e. The Morgan fingerprint density at radius 3 is 2.52 bits per heavy atom. The molecule has 0 spiro atoms. The van der Waals surface area contributed by atoms with Crippen LogP contribution in [0.15, 0.2) is 36.4 Å². The number of benzene rings is 2. The fraction of sp³-hybridized carbons (Fsp3) is 0.176. The summed E-state index contributed by atoms with van der Waals surface area (Å²) in [7, 11) is 0. The highest BCUT2D eigenvalue weighted by atomic mass is 35.5. The molecule has 8 heteroatoms. The van der Waals surface area contributed by atoms with Gasteiger partial charge in [0, 0.05) is 15.7 Å². The van der Waals surface area contributed by atoms with Gasteiger partial charge in [-0.15, -0.1) is 0 Å². The summed E-state index contributed by atoms with van der Waals surface area (Å²) in [6, 6.07) is 9.23. The maximum atomic E-state index is 13.6. The Morgan fingerprint density at radius 2 is 1.80 bits per heavy atom. The maximum absolute atomic E-state index is 13.6. The topological polar surface area (TPSA) is 70.2 Å². The summed E-state index contributed by atoms with van der Waals surface area (Å²) >= 11 is 11.6. The molecule has 25 heavy (non-hydrogen) atoms. The van der Waals surface area contributed by atoms with Gasteiger partial charge in [-0.05, 0) is 42.8 Å². The Morgan fingerprint density at radius 1 is 1.04 bits per heavy atom. The number of hydrogen-bond acceptors (Lipinski definition) is 3. The van der Waals surface area contributed by atoms with Crippen LogP contribution in [0.5, 0.6) is 0 Å². The first kappa shape index (κ1) is 19.0. The highest BCUT2D eigenvalue weighted by Gasteiger charge is 2.09. The minimum absolute atomic E-state index is 0.151. The second-order valence-corrected chi connectivity index (χ2v) is 6.06. The molecule has 0 aliphatic heterocycles. The second kappa shape index (κ2) is 8.69. The highest BCUT2D eigenvalue weighted by molar-refractivity contribution is 6.31. The quantitative estimate of drug-likeness (QED) is 0.713. The number of nitrogens with one attached hydrogen (secondary N) is 3. The number of carbonyl (C=O) groups is 2. The fourth-order valence-electron chi connectivity index (χ4n) is 1.99. The van der Waals surface area contributed by atoms with E-state index in [1.165, 1.54) is 12.1 Å². The van der Waals surface area contributed by atoms with Crippen LogP contribution in [0.1, 0.15) is 5.56 Å². The van der Waals surface area contributed by atoms with Crippen LogP contribution in [-0.4, -0.2) is 24.9 Å². The van der Waals surface area contributed by atoms with Crippen molar-refractivity contribution >= 4 is 46.4 Å². The molecule has 0 radical (unpaired) electrons. The Hall–Kier alpha value is -2.31. The minimum atomic E-state index is -0.561. The molecule has 0 aliphatic carbocycles. The van der Waals surface area contributed by atoms with E-state index in [4.69, 9.17) is 23.2 Å². The largest absolute Gasteiger partial charge is 0.374 e. The van der Waals surface area contributed by atoms with Gasteiger partial charge in [0.25, 0.3) is 0 Å². The van der Waals surface area contributed by atoms with Crippen molar-refractivity contribution in [2.45, 2.75) is 6.92 Å². The lowest BCUT2D eigenvalue weighted by molar-refractivity contribution is -0.122. The van der Waals surface area contributed by atoms with Crippen LogP contribution >= 0.6 is 23.2 Å². The zero-order chi connectivity index (χ0) is 18.4. The van der Waals surface area contributed by atoms with Gasteiger partial charge in [-0.25, -0.2) is 4.39 Å². The van der Waals surface area contributed by atoms with Gasteiger partial charge in [0.05, 0.1) is 18.8 Å². The zero-order valence-electron chi connectivity index (χ0n) is 13.3. The van der Waals surface area contributed by atoms with Crippen molar-refractivity contribution in [3.05, 3.63) is 57.8 Å². The number of carbonyl (C=O) groups excluding carboxylic acids is 2. The van der Waals surface area contributed by atoms with Crippen molar-refractivity contribution in [2.24, 2.45) is 0 Å². The Balaban J connectivity index is 1.79. The third-order valence-corrected chi connectivity index (χ3v) is 4.00. The zero-order valence-corrected chi connectivity index (χ0v) is 14.8. The summed E-state index contributed by atoms with van der Waals surface area (Å²) in [5, 5.41) is 8.54. The van der Waals surface area contributed by atoms with E-state index < -0.39 is 17.6 Å². The Labute approximate surface area is 154 Å². The first-order valence-electron chi connectivity index (χ1n) is 7.37. The summed E-state index contributed by atoms with van der Waals surface area (Å²) in [5.41, 5.74) is 1.47. The molecular formula is C17H16Cl2FN3O2. The first-order valence-corrected chi connectivity index (χ1v) is 8.13. The van der Waals surface area contributed by atoms with Crippen molar-refractivity contribution in [3.63, 3.8) is 0 Å². The van der Waals surface area contributed by atoms with Gasteiger partial charge in [-0.3, -0.25) is 9.59 Å². The van der Waals surface area contributed by atoms with Crippen molar-refractivity contribution in [2.75, 3.05) is 23.7 Å². The van der Waals surface area contributed by atoms with Crippen molar-refractivity contribution in [1.82, 2.24) is 5.32 Å². The number of rotatable bonds is 6. The van der Waals surface area contributed by atoms with E-state index in [9.17, 15) is 14.0 Å². The molecule has 2 aromatic carbocycles. The summed E-state index contributed by atoms with van der Waals surface area (Å²) in [4.78, 5) is 23.6. The van der Waals surface area contributed by atoms with Crippen LogP contribution in [0.2, 0.25) is 10.0 Å². The predicted molar refractivity (Wildman–Crippen MR) is 97.7 cm³/mol. The normalized spacial score (nSPS) is 10.2. The standard InChI is InChI=1S/C17H16Cl2FN3O2/c1-10-12(19)3-2-4-14(10)23-17(25)9-22-16(24)8-21-15-6-5-11(18)7-13(15)20/h2-7,21H,8-9H2,1H3,(H,22,24)(H,23,25). The van der Waals surface area contributed by atoms with E-state index in [1.807, 2.05) is 0 Å². The summed E-state index contributed by atoms with van der Waals surface area (Å²) in [6.07, 6.45) is 0. The van der Waals surface area contributed by atoms with Gasteiger partial charge in [-0.1, -0.05) is 29.3 Å². The van der Waals surface area contributed by atoms with Crippen LogP contribution in [0.25, 0.3) is 0 Å². The molecular weight excluding hydrogens is 368 g/mol. The molecule has 0 heterocycles. The average molecular weight is 384 g/mol. The van der Waals surface area contributed by atoms with E-state index in [-0.39, 0.29) is 23.8 Å². The van der Waals surface area contributed by atoms with E-state index >= 15 is 0 Å². The molecule has 2 aromatic rings. The van der Waals surface area contributed by atoms with Gasteiger partial charge >= 0.3 is 0 Å². The molecule has 0 bridgehead atoms. The molecule has 0 saturated carbocycles. The van der Waals surface area contributed by atoms with Crippen LogP contribution in [0.4, 0.5) is 15.8 Å². The molecule has 2 amide bonds. The third kappa shape index (κ3) is 5.62. The number of amides is 2. The Kier molecular flexibility index (Phi) is 6.61. The van der Waals surface area contributed by atoms with Crippen LogP contribution in [0, 0.1) is 12.7 Å². The van der Waals surface area contributed by atoms with Crippen LogP contribution in [-0.2, 0) is 9.59 Å². The van der Waals surface area contributed by atoms with Crippen molar-refractivity contribution in [3.8, 4) is 0 Å². The molecule has 0 saturated heterocycles. The van der Waals surface area contributed by atoms with E-state index in [0.717, 1.165) is 11.6 Å².